The topological polar surface area (TPSA) is 89.4 Å². The number of rotatable bonds is 0. The summed E-state index contributed by atoms with van der Waals surface area (Å²) >= 11 is 0. The molecule has 0 heterocycles. The van der Waals surface area contributed by atoms with Crippen LogP contribution in [0, 0.1) is 0 Å². The van der Waals surface area contributed by atoms with Gasteiger partial charge >= 0.3 is 67.7 Å². The van der Waals surface area contributed by atoms with Crippen molar-refractivity contribution in [2.24, 2.45) is 0 Å². The third kappa shape index (κ3) is 64.4. The van der Waals surface area contributed by atoms with E-state index in [-0.39, 0.29) is 67.7 Å². The third-order valence-electron chi connectivity index (χ3n) is 0. The van der Waals surface area contributed by atoms with Crippen LogP contribution in [0.5, 0.6) is 0 Å². The zero-order valence-electron chi connectivity index (χ0n) is 3.88. The molecule has 32 valence electrons. The van der Waals surface area contributed by atoms with E-state index < -0.39 is 9.05 Å². The monoisotopic (exact) mass is 238 g/mol. The Morgan fingerprint density at radius 3 is 1.14 bits per heavy atom. The Hall–Kier alpha value is 2.23. The average molecular weight is 237 g/mol. The second kappa shape index (κ2) is 6.35. The van der Waals surface area contributed by atoms with Gasteiger partial charge in [0.05, 0.1) is 0 Å². The first kappa shape index (κ1) is 16.1. The van der Waals surface area contributed by atoms with Crippen molar-refractivity contribution in [3.63, 3.8) is 0 Å². The van der Waals surface area contributed by atoms with Crippen LogP contribution in [0.25, 0.3) is 0 Å². The molecule has 0 aliphatic carbocycles. The first-order valence-electron chi connectivity index (χ1n) is 0.836. The van der Waals surface area contributed by atoms with E-state index in [1.165, 1.54) is 0 Å². The Balaban J connectivity index is -0.0000000800. The minimum Gasteiger partial charge on any atom is -0.861 e. The van der Waals surface area contributed by atoms with Crippen LogP contribution in [0.3, 0.4) is 0 Å². The predicted molar refractivity (Wildman–Crippen MR) is 13.7 cm³/mol. The minimum atomic E-state index is -5.36. The summed E-state index contributed by atoms with van der Waals surface area (Å²) < 4.78 is 0. The fraction of sp³-hybridized carbons (Fsp3) is 0. The summed E-state index contributed by atoms with van der Waals surface area (Å²) in [6.07, 6.45) is 0. The predicted octanol–water partition coefficient (Wildman–Crippen LogP) is -7.88. The summed E-state index contributed by atoms with van der Waals surface area (Å²) in [5.41, 5.74) is 0. The molecule has 0 aromatic heterocycles. The van der Waals surface area contributed by atoms with Crippen molar-refractivity contribution >= 4 is 57.9 Å². The van der Waals surface area contributed by atoms with Gasteiger partial charge in [-0.2, -0.15) is 0 Å². The maximum absolute atomic E-state index is 8.69. The molecule has 0 rings (SSSR count). The van der Waals surface area contributed by atoms with Crippen LogP contribution in [0.2, 0.25) is 0 Å². The molecule has 0 atom stereocenters. The SMILES string of the molecule is [Ba+2].[Li+].[O-][Si]([O-])([O-])O. The molecule has 0 fully saturated rings. The van der Waals surface area contributed by atoms with Crippen LogP contribution in [0.15, 0.2) is 0 Å². The maximum Gasteiger partial charge on any atom is 2.00 e. The molecule has 0 aliphatic heterocycles. The zero-order chi connectivity index (χ0) is 4.50. The van der Waals surface area contributed by atoms with Crippen molar-refractivity contribution in [3.05, 3.63) is 0 Å². The molecule has 0 saturated carbocycles. The van der Waals surface area contributed by atoms with Gasteiger partial charge < -0.3 is 19.2 Å². The Morgan fingerprint density at radius 1 is 1.14 bits per heavy atom. The Morgan fingerprint density at radius 2 is 1.14 bits per heavy atom. The molecule has 0 saturated heterocycles. The van der Waals surface area contributed by atoms with Gasteiger partial charge in [-0.05, 0) is 0 Å². The first-order valence-corrected chi connectivity index (χ1v) is 2.51. The van der Waals surface area contributed by atoms with Crippen molar-refractivity contribution in [1.82, 2.24) is 0 Å². The molecular formula is HBaLiO4Si. The molecular weight excluding hydrogens is 236 g/mol. The fourth-order valence-corrected chi connectivity index (χ4v) is 0. The normalized spacial score (nSPS) is 8.57. The third-order valence-corrected chi connectivity index (χ3v) is 0. The second-order valence-electron chi connectivity index (χ2n) is 0.524. The van der Waals surface area contributed by atoms with E-state index in [1.54, 1.807) is 0 Å². The Labute approximate surface area is 94.3 Å². The van der Waals surface area contributed by atoms with Crippen LogP contribution in [-0.2, 0) is 0 Å². The van der Waals surface area contributed by atoms with Crippen LogP contribution < -0.4 is 33.2 Å². The van der Waals surface area contributed by atoms with E-state index >= 15 is 0 Å². The van der Waals surface area contributed by atoms with Crippen molar-refractivity contribution in [3.8, 4) is 0 Å². The van der Waals surface area contributed by atoms with Gasteiger partial charge in [0.25, 0.3) is 0 Å². The maximum atomic E-state index is 8.69. The molecule has 0 aromatic rings. The van der Waals surface area contributed by atoms with Crippen molar-refractivity contribution in [2.45, 2.75) is 0 Å². The smallest absolute Gasteiger partial charge is 0.861 e. The Kier molecular flexibility index (Phi) is 14.6. The van der Waals surface area contributed by atoms with Crippen LogP contribution in [0.1, 0.15) is 0 Å². The average Bonchev–Trinajstić information content (AvgIpc) is 0.722. The Bertz CT molecular complexity index is 27.2. The molecule has 0 amide bonds. The fourth-order valence-electron chi connectivity index (χ4n) is 0. The van der Waals surface area contributed by atoms with Gasteiger partial charge in [0.2, 0.25) is 0 Å². The summed E-state index contributed by atoms with van der Waals surface area (Å²) in [6, 6.07) is 0. The molecule has 7 heavy (non-hydrogen) atoms. The molecule has 1 N–H and O–H groups in total. The molecule has 0 bridgehead atoms. The molecule has 0 aromatic carbocycles. The summed E-state index contributed by atoms with van der Waals surface area (Å²) in [5.74, 6) is 0. The van der Waals surface area contributed by atoms with E-state index in [9.17, 15) is 0 Å². The van der Waals surface area contributed by atoms with Gasteiger partial charge in [-0.15, -0.1) is 9.05 Å². The van der Waals surface area contributed by atoms with E-state index in [0.717, 1.165) is 0 Å². The summed E-state index contributed by atoms with van der Waals surface area (Å²) in [6.45, 7) is 0. The van der Waals surface area contributed by atoms with Gasteiger partial charge in [0.1, 0.15) is 0 Å². The number of hydrogen-bond acceptors (Lipinski definition) is 4. The molecule has 0 unspecified atom stereocenters. The van der Waals surface area contributed by atoms with Crippen LogP contribution >= 0.6 is 0 Å². The summed E-state index contributed by atoms with van der Waals surface area (Å²) in [7, 11) is -5.36. The van der Waals surface area contributed by atoms with Crippen molar-refractivity contribution in [2.75, 3.05) is 0 Å². The van der Waals surface area contributed by atoms with Crippen molar-refractivity contribution in [1.29, 1.82) is 0 Å². The first-order chi connectivity index (χ1) is 2.00. The van der Waals surface area contributed by atoms with Gasteiger partial charge in [0.15, 0.2) is 0 Å². The van der Waals surface area contributed by atoms with E-state index in [4.69, 9.17) is 19.2 Å². The van der Waals surface area contributed by atoms with Crippen LogP contribution in [-0.4, -0.2) is 62.7 Å². The summed E-state index contributed by atoms with van der Waals surface area (Å²) in [5, 5.41) is 0. The van der Waals surface area contributed by atoms with Crippen LogP contribution in [0.4, 0.5) is 0 Å². The minimum absolute atomic E-state index is 0. The standard InChI is InChI=1S/Ba.Li.HO4Si/c;;1-5(2,3)4/h;;1H/q+2;+1;-3. The van der Waals surface area contributed by atoms with Gasteiger partial charge in [-0.1, -0.05) is 0 Å². The molecule has 4 nitrogen and oxygen atoms in total. The molecule has 0 spiro atoms. The van der Waals surface area contributed by atoms with E-state index in [2.05, 4.69) is 0 Å². The molecule has 7 heteroatoms. The molecule has 0 radical (unpaired) electrons. The number of hydrogen-bond donors (Lipinski definition) is 1. The second-order valence-corrected chi connectivity index (χ2v) is 1.57. The van der Waals surface area contributed by atoms with Crippen molar-refractivity contribution < 1.29 is 38.0 Å². The summed E-state index contributed by atoms with van der Waals surface area (Å²) in [4.78, 5) is 33.1. The van der Waals surface area contributed by atoms with Gasteiger partial charge in [-0.25, -0.2) is 0 Å². The van der Waals surface area contributed by atoms with Gasteiger partial charge in [-0.3, -0.25) is 0 Å². The van der Waals surface area contributed by atoms with E-state index in [0.29, 0.717) is 0 Å². The largest absolute Gasteiger partial charge is 2.00 e. The molecule has 0 aliphatic rings. The van der Waals surface area contributed by atoms with Gasteiger partial charge in [0, 0.05) is 0 Å². The zero-order valence-corrected chi connectivity index (χ0v) is 9.32. The quantitative estimate of drug-likeness (QED) is 0.424. The van der Waals surface area contributed by atoms with E-state index in [1.807, 2.05) is 0 Å².